The lowest BCUT2D eigenvalue weighted by atomic mass is 10.0. The van der Waals surface area contributed by atoms with Crippen LogP contribution in [-0.2, 0) is 14.8 Å². The van der Waals surface area contributed by atoms with Gasteiger partial charge in [-0.1, -0.05) is 0 Å². The van der Waals surface area contributed by atoms with Gasteiger partial charge in [-0.25, -0.2) is 8.42 Å². The average molecular weight is 261 g/mol. The molecule has 5 nitrogen and oxygen atoms in total. The monoisotopic (exact) mass is 261 g/mol. The third kappa shape index (κ3) is 2.46. The minimum Gasteiger partial charge on any atom is -0.481 e. The Balaban J connectivity index is 2.87. The summed E-state index contributed by atoms with van der Waals surface area (Å²) in [5, 5.41) is 8.62. The number of carbonyl (C=O) groups is 1. The maximum Gasteiger partial charge on any atom is 0.511 e. The number of hydrogen-bond acceptors (Lipinski definition) is 3. The molecule has 1 rings (SSSR count). The third-order valence-electron chi connectivity index (χ3n) is 2.37. The van der Waals surface area contributed by atoms with Crippen LogP contribution in [0.2, 0.25) is 0 Å². The summed E-state index contributed by atoms with van der Waals surface area (Å²) in [6.45, 7) is -0.900. The fourth-order valence-electron chi connectivity index (χ4n) is 1.51. The molecule has 0 radical (unpaired) electrons. The van der Waals surface area contributed by atoms with Gasteiger partial charge in [0, 0.05) is 13.1 Å². The minimum atomic E-state index is -5.40. The molecule has 0 aliphatic carbocycles. The van der Waals surface area contributed by atoms with Gasteiger partial charge in [-0.2, -0.15) is 17.5 Å². The number of sulfonamides is 1. The van der Waals surface area contributed by atoms with Crippen molar-refractivity contribution in [2.75, 3.05) is 13.1 Å². The highest BCUT2D eigenvalue weighted by Gasteiger charge is 2.51. The van der Waals surface area contributed by atoms with Gasteiger partial charge < -0.3 is 5.11 Å². The highest BCUT2D eigenvalue weighted by atomic mass is 32.2. The first-order valence-electron chi connectivity index (χ1n) is 4.45. The Kier molecular flexibility index (Phi) is 3.48. The maximum absolute atomic E-state index is 12.2. The van der Waals surface area contributed by atoms with Gasteiger partial charge in [0.15, 0.2) is 0 Å². The fraction of sp³-hybridized carbons (Fsp3) is 0.857. The molecule has 1 N–H and O–H groups in total. The number of rotatable bonds is 2. The Bertz CT molecular complexity index is 378. The van der Waals surface area contributed by atoms with Gasteiger partial charge >= 0.3 is 21.5 Å². The molecule has 1 saturated heterocycles. The second-order valence-electron chi connectivity index (χ2n) is 3.49. The van der Waals surface area contributed by atoms with Crippen molar-refractivity contribution >= 4 is 16.0 Å². The summed E-state index contributed by atoms with van der Waals surface area (Å²) in [6.07, 6.45) is 0.311. The summed E-state index contributed by atoms with van der Waals surface area (Å²) in [5.41, 5.74) is -5.37. The van der Waals surface area contributed by atoms with Crippen molar-refractivity contribution in [3.05, 3.63) is 0 Å². The molecule has 0 aromatic carbocycles. The van der Waals surface area contributed by atoms with Crippen molar-refractivity contribution < 1.29 is 31.5 Å². The number of carboxylic acids is 1. The van der Waals surface area contributed by atoms with Crippen molar-refractivity contribution in [3.8, 4) is 0 Å². The van der Waals surface area contributed by atoms with Crippen LogP contribution in [0.3, 0.4) is 0 Å². The summed E-state index contributed by atoms with van der Waals surface area (Å²) >= 11 is 0. The standard InChI is InChI=1S/C7H10F3NO4S/c8-7(9,10)16(14,15)11-3-1-2-5(4-11)6(12)13/h5H,1-4H2,(H,12,13)/t5-/m1/s1. The molecule has 0 aromatic rings. The van der Waals surface area contributed by atoms with Crippen molar-refractivity contribution in [1.29, 1.82) is 0 Å². The molecular formula is C7H10F3NO4S. The summed E-state index contributed by atoms with van der Waals surface area (Å²) in [5.74, 6) is -2.34. The fourth-order valence-corrected chi connectivity index (χ4v) is 2.55. The molecule has 1 atom stereocenters. The number of alkyl halides is 3. The van der Waals surface area contributed by atoms with Crippen LogP contribution < -0.4 is 0 Å². The molecule has 0 saturated carbocycles. The largest absolute Gasteiger partial charge is 0.511 e. The first-order chi connectivity index (χ1) is 7.16. The maximum atomic E-state index is 12.2. The van der Waals surface area contributed by atoms with E-state index in [-0.39, 0.29) is 23.7 Å². The summed E-state index contributed by atoms with van der Waals surface area (Å²) < 4.78 is 58.7. The van der Waals surface area contributed by atoms with Crippen LogP contribution >= 0.6 is 0 Å². The number of hydrogen-bond donors (Lipinski definition) is 1. The Morgan fingerprint density at radius 2 is 1.94 bits per heavy atom. The second-order valence-corrected chi connectivity index (χ2v) is 5.42. The van der Waals surface area contributed by atoms with Crippen molar-refractivity contribution in [3.63, 3.8) is 0 Å². The van der Waals surface area contributed by atoms with Crippen LogP contribution in [0.25, 0.3) is 0 Å². The number of piperidine rings is 1. The Morgan fingerprint density at radius 3 is 2.38 bits per heavy atom. The van der Waals surface area contributed by atoms with E-state index in [0.29, 0.717) is 0 Å². The highest BCUT2D eigenvalue weighted by molar-refractivity contribution is 7.90. The molecule has 0 spiro atoms. The van der Waals surface area contributed by atoms with Crippen LogP contribution in [0.4, 0.5) is 13.2 Å². The molecule has 0 bridgehead atoms. The van der Waals surface area contributed by atoms with E-state index in [9.17, 15) is 26.4 Å². The second kappa shape index (κ2) is 4.21. The topological polar surface area (TPSA) is 74.7 Å². The number of halogens is 3. The lowest BCUT2D eigenvalue weighted by Gasteiger charge is -2.30. The normalized spacial score (nSPS) is 24.3. The smallest absolute Gasteiger partial charge is 0.481 e. The molecule has 1 aliphatic rings. The Hall–Kier alpha value is -0.830. The molecule has 0 aromatic heterocycles. The van der Waals surface area contributed by atoms with E-state index in [4.69, 9.17) is 5.11 Å². The summed E-state index contributed by atoms with van der Waals surface area (Å²) in [7, 11) is -5.40. The van der Waals surface area contributed by atoms with Gasteiger partial charge in [0.2, 0.25) is 0 Å². The molecule has 0 amide bonds. The molecule has 1 fully saturated rings. The van der Waals surface area contributed by atoms with E-state index in [1.54, 1.807) is 0 Å². The first kappa shape index (κ1) is 13.2. The predicted molar refractivity (Wildman–Crippen MR) is 46.9 cm³/mol. The zero-order chi connectivity index (χ0) is 12.6. The van der Waals surface area contributed by atoms with E-state index in [0.717, 1.165) is 0 Å². The van der Waals surface area contributed by atoms with E-state index in [1.165, 1.54) is 0 Å². The van der Waals surface area contributed by atoms with Crippen molar-refractivity contribution in [2.45, 2.75) is 18.3 Å². The average Bonchev–Trinajstić information content (AvgIpc) is 2.16. The van der Waals surface area contributed by atoms with Crippen molar-refractivity contribution in [2.24, 2.45) is 5.92 Å². The van der Waals surface area contributed by atoms with Gasteiger partial charge in [0.1, 0.15) is 0 Å². The van der Waals surface area contributed by atoms with Gasteiger partial charge in [-0.05, 0) is 12.8 Å². The van der Waals surface area contributed by atoms with Crippen LogP contribution in [0.5, 0.6) is 0 Å². The first-order valence-corrected chi connectivity index (χ1v) is 5.89. The van der Waals surface area contributed by atoms with Crippen LogP contribution in [0.1, 0.15) is 12.8 Å². The zero-order valence-electron chi connectivity index (χ0n) is 8.07. The molecule has 16 heavy (non-hydrogen) atoms. The van der Waals surface area contributed by atoms with Crippen LogP contribution in [0, 0.1) is 5.92 Å². The quantitative estimate of drug-likeness (QED) is 0.791. The van der Waals surface area contributed by atoms with Gasteiger partial charge in [-0.3, -0.25) is 4.79 Å². The number of nitrogens with zero attached hydrogens (tertiary/aromatic N) is 1. The molecule has 1 aliphatic heterocycles. The summed E-state index contributed by atoms with van der Waals surface area (Å²) in [4.78, 5) is 10.6. The van der Waals surface area contributed by atoms with Crippen LogP contribution in [0.15, 0.2) is 0 Å². The molecular weight excluding hydrogens is 251 g/mol. The Morgan fingerprint density at radius 1 is 1.38 bits per heavy atom. The summed E-state index contributed by atoms with van der Waals surface area (Å²) in [6, 6.07) is 0. The molecule has 9 heteroatoms. The Labute approximate surface area is 89.9 Å². The molecule has 0 unspecified atom stereocenters. The highest BCUT2D eigenvalue weighted by Crippen LogP contribution is 2.30. The SMILES string of the molecule is O=C(O)[C@@H]1CCCN(S(=O)(=O)C(F)(F)F)C1. The molecule has 94 valence electrons. The van der Waals surface area contributed by atoms with E-state index in [1.807, 2.05) is 0 Å². The van der Waals surface area contributed by atoms with Crippen LogP contribution in [-0.4, -0.2) is 42.4 Å². The number of carboxylic acid groups (broad SMARTS) is 1. The van der Waals surface area contributed by atoms with E-state index in [2.05, 4.69) is 0 Å². The third-order valence-corrected chi connectivity index (χ3v) is 3.96. The molecule has 1 heterocycles. The van der Waals surface area contributed by atoms with E-state index < -0.39 is 34.0 Å². The van der Waals surface area contributed by atoms with Crippen molar-refractivity contribution in [1.82, 2.24) is 4.31 Å². The van der Waals surface area contributed by atoms with E-state index >= 15 is 0 Å². The van der Waals surface area contributed by atoms with Gasteiger partial charge in [0.05, 0.1) is 5.92 Å². The zero-order valence-corrected chi connectivity index (χ0v) is 8.88. The van der Waals surface area contributed by atoms with Gasteiger partial charge in [0.25, 0.3) is 0 Å². The lowest BCUT2D eigenvalue weighted by Crippen LogP contribution is -2.47. The minimum absolute atomic E-state index is 0.117. The number of aliphatic carboxylic acids is 1. The van der Waals surface area contributed by atoms with Gasteiger partial charge in [-0.15, -0.1) is 0 Å². The lowest BCUT2D eigenvalue weighted by molar-refractivity contribution is -0.143. The predicted octanol–water partition coefficient (Wildman–Crippen LogP) is 0.633.